The van der Waals surface area contributed by atoms with Crippen molar-refractivity contribution in [2.24, 2.45) is 10.4 Å². The van der Waals surface area contributed by atoms with E-state index < -0.39 is 0 Å². The number of hydrogen-bond donors (Lipinski definition) is 3. The fourth-order valence-electron chi connectivity index (χ4n) is 3.66. The average Bonchev–Trinajstić information content (AvgIpc) is 3.30. The van der Waals surface area contributed by atoms with Crippen molar-refractivity contribution in [2.45, 2.75) is 38.6 Å². The molecular weight excluding hydrogens is 340 g/mol. The molecule has 1 saturated carbocycles. The molecular formula is C21H34N4O2. The van der Waals surface area contributed by atoms with Crippen LogP contribution in [0.2, 0.25) is 0 Å². The molecule has 1 aliphatic heterocycles. The number of benzene rings is 1. The van der Waals surface area contributed by atoms with Gasteiger partial charge >= 0.3 is 0 Å². The van der Waals surface area contributed by atoms with Crippen molar-refractivity contribution in [1.82, 2.24) is 15.5 Å². The number of nitrogens with one attached hydrogen (secondary N) is 2. The van der Waals surface area contributed by atoms with Crippen LogP contribution in [0.15, 0.2) is 29.3 Å². The maximum Gasteiger partial charge on any atom is 0.191 e. The van der Waals surface area contributed by atoms with Crippen LogP contribution in [0, 0.1) is 5.41 Å². The van der Waals surface area contributed by atoms with Gasteiger partial charge in [0.1, 0.15) is 5.75 Å². The summed E-state index contributed by atoms with van der Waals surface area (Å²) in [6, 6.07) is 8.72. The number of likely N-dealkylation sites (tertiary alicyclic amines) is 1. The quantitative estimate of drug-likeness (QED) is 0.456. The number of aliphatic imine (C=N–C) groups is 1. The molecule has 0 bridgehead atoms. The predicted octanol–water partition coefficient (Wildman–Crippen LogP) is 2.16. The maximum absolute atomic E-state index is 9.53. The first-order valence-corrected chi connectivity index (χ1v) is 10.2. The Balaban J connectivity index is 1.67. The van der Waals surface area contributed by atoms with Crippen LogP contribution >= 0.6 is 0 Å². The monoisotopic (exact) mass is 374 g/mol. The lowest BCUT2D eigenvalue weighted by Crippen LogP contribution is -2.43. The lowest BCUT2D eigenvalue weighted by molar-refractivity contribution is 0.216. The molecule has 1 atom stereocenters. The minimum absolute atomic E-state index is 0.0344. The van der Waals surface area contributed by atoms with E-state index in [0.29, 0.717) is 12.6 Å². The van der Waals surface area contributed by atoms with E-state index in [1.807, 2.05) is 12.1 Å². The average molecular weight is 375 g/mol. The molecule has 1 heterocycles. The van der Waals surface area contributed by atoms with E-state index >= 15 is 0 Å². The minimum atomic E-state index is 0.0344. The number of methoxy groups -OCH3 is 1. The van der Waals surface area contributed by atoms with Gasteiger partial charge in [-0.15, -0.1) is 0 Å². The number of guanidine groups is 1. The van der Waals surface area contributed by atoms with Crippen LogP contribution in [-0.4, -0.2) is 62.4 Å². The second-order valence-electron chi connectivity index (χ2n) is 7.77. The summed E-state index contributed by atoms with van der Waals surface area (Å²) in [5.74, 6) is 1.73. The van der Waals surface area contributed by atoms with E-state index in [2.05, 4.69) is 34.6 Å². The number of ether oxygens (including phenoxy) is 1. The molecule has 0 aromatic heterocycles. The summed E-state index contributed by atoms with van der Waals surface area (Å²) >= 11 is 0. The standard InChI is InChI=1S/C21H34N4O2/c1-3-22-20(24-15-21(16-26)10-11-21)23-14-19(25-12-4-5-13-25)17-6-8-18(27-2)9-7-17/h6-9,19,26H,3-5,10-16H2,1-2H3,(H2,22,23,24). The molecule has 150 valence electrons. The van der Waals surface area contributed by atoms with Crippen LogP contribution in [0.25, 0.3) is 0 Å². The van der Waals surface area contributed by atoms with Gasteiger partial charge in [0.05, 0.1) is 26.3 Å². The summed E-state index contributed by atoms with van der Waals surface area (Å²) < 4.78 is 5.31. The summed E-state index contributed by atoms with van der Waals surface area (Å²) in [7, 11) is 1.70. The van der Waals surface area contributed by atoms with Gasteiger partial charge in [-0.1, -0.05) is 12.1 Å². The molecule has 3 rings (SSSR count). The van der Waals surface area contributed by atoms with Gasteiger partial charge in [-0.2, -0.15) is 0 Å². The molecule has 3 N–H and O–H groups in total. The Hall–Kier alpha value is -1.79. The van der Waals surface area contributed by atoms with Crippen molar-refractivity contribution in [3.05, 3.63) is 29.8 Å². The second kappa shape index (κ2) is 9.42. The minimum Gasteiger partial charge on any atom is -0.497 e. The summed E-state index contributed by atoms with van der Waals surface area (Å²) in [5.41, 5.74) is 1.34. The Morgan fingerprint density at radius 3 is 2.48 bits per heavy atom. The van der Waals surface area contributed by atoms with Gasteiger partial charge in [-0.25, -0.2) is 0 Å². The number of aliphatic hydroxyl groups excluding tert-OH is 1. The Bertz CT molecular complexity index is 607. The molecule has 1 aliphatic carbocycles. The summed E-state index contributed by atoms with van der Waals surface area (Å²) in [4.78, 5) is 7.28. The molecule has 6 nitrogen and oxygen atoms in total. The van der Waals surface area contributed by atoms with Gasteiger partial charge in [0, 0.05) is 18.5 Å². The van der Waals surface area contributed by atoms with Crippen LogP contribution in [-0.2, 0) is 0 Å². The predicted molar refractivity (Wildman–Crippen MR) is 109 cm³/mol. The third-order valence-electron chi connectivity index (χ3n) is 5.75. The first-order chi connectivity index (χ1) is 13.2. The van der Waals surface area contributed by atoms with E-state index in [1.165, 1.54) is 18.4 Å². The zero-order valence-electron chi connectivity index (χ0n) is 16.7. The smallest absolute Gasteiger partial charge is 0.191 e. The number of rotatable bonds is 9. The summed E-state index contributed by atoms with van der Waals surface area (Å²) in [5, 5.41) is 16.4. The van der Waals surface area contributed by atoms with Crippen molar-refractivity contribution in [2.75, 3.05) is 46.4 Å². The SMILES string of the molecule is CCNC(=NCC1(CO)CC1)NCC(c1ccc(OC)cc1)N1CCCC1. The molecule has 1 saturated heterocycles. The highest BCUT2D eigenvalue weighted by Gasteiger charge is 2.41. The largest absolute Gasteiger partial charge is 0.497 e. The van der Waals surface area contributed by atoms with Crippen LogP contribution in [0.3, 0.4) is 0 Å². The Morgan fingerprint density at radius 2 is 1.93 bits per heavy atom. The molecule has 6 heteroatoms. The van der Waals surface area contributed by atoms with Crippen molar-refractivity contribution in [3.8, 4) is 5.75 Å². The Kier molecular flexibility index (Phi) is 6.96. The van der Waals surface area contributed by atoms with Crippen LogP contribution in [0.5, 0.6) is 5.75 Å². The zero-order chi connectivity index (χ0) is 19.1. The molecule has 0 amide bonds. The maximum atomic E-state index is 9.53. The molecule has 1 aromatic carbocycles. The molecule has 1 unspecified atom stereocenters. The highest BCUT2D eigenvalue weighted by Crippen LogP contribution is 2.45. The summed E-state index contributed by atoms with van der Waals surface area (Å²) in [6.45, 7) is 6.92. The molecule has 2 fully saturated rings. The normalized spacial score (nSPS) is 20.3. The Labute approximate surface area is 163 Å². The lowest BCUT2D eigenvalue weighted by atomic mass is 10.1. The zero-order valence-corrected chi connectivity index (χ0v) is 16.7. The van der Waals surface area contributed by atoms with Gasteiger partial charge in [0.25, 0.3) is 0 Å². The highest BCUT2D eigenvalue weighted by atomic mass is 16.5. The van der Waals surface area contributed by atoms with E-state index in [-0.39, 0.29) is 12.0 Å². The van der Waals surface area contributed by atoms with Gasteiger partial charge in [-0.05, 0) is 63.4 Å². The number of nitrogens with zero attached hydrogens (tertiary/aromatic N) is 2. The van der Waals surface area contributed by atoms with Crippen LogP contribution in [0.1, 0.15) is 44.2 Å². The van der Waals surface area contributed by atoms with Gasteiger partial charge in [0.15, 0.2) is 5.96 Å². The van der Waals surface area contributed by atoms with Crippen molar-refractivity contribution < 1.29 is 9.84 Å². The molecule has 0 radical (unpaired) electrons. The highest BCUT2D eigenvalue weighted by molar-refractivity contribution is 5.79. The summed E-state index contributed by atoms with van der Waals surface area (Å²) in [6.07, 6.45) is 4.68. The third-order valence-corrected chi connectivity index (χ3v) is 5.75. The number of aliphatic hydroxyl groups is 1. The first kappa shape index (κ1) is 20.0. The Morgan fingerprint density at radius 1 is 1.22 bits per heavy atom. The number of hydrogen-bond acceptors (Lipinski definition) is 4. The third kappa shape index (κ3) is 5.36. The van der Waals surface area contributed by atoms with Gasteiger partial charge in [-0.3, -0.25) is 9.89 Å². The van der Waals surface area contributed by atoms with E-state index in [0.717, 1.165) is 50.7 Å². The van der Waals surface area contributed by atoms with Crippen LogP contribution < -0.4 is 15.4 Å². The lowest BCUT2D eigenvalue weighted by Gasteiger charge is -2.29. The van der Waals surface area contributed by atoms with Crippen LogP contribution in [0.4, 0.5) is 0 Å². The molecule has 1 aromatic rings. The topological polar surface area (TPSA) is 69.1 Å². The van der Waals surface area contributed by atoms with E-state index in [1.54, 1.807) is 7.11 Å². The van der Waals surface area contributed by atoms with E-state index in [9.17, 15) is 5.11 Å². The fourth-order valence-corrected chi connectivity index (χ4v) is 3.66. The molecule has 2 aliphatic rings. The fraction of sp³-hybridized carbons (Fsp3) is 0.667. The first-order valence-electron chi connectivity index (χ1n) is 10.2. The molecule has 27 heavy (non-hydrogen) atoms. The van der Waals surface area contributed by atoms with Gasteiger partial charge in [0.2, 0.25) is 0 Å². The van der Waals surface area contributed by atoms with Crippen molar-refractivity contribution >= 4 is 5.96 Å². The second-order valence-corrected chi connectivity index (χ2v) is 7.77. The molecule has 0 spiro atoms. The van der Waals surface area contributed by atoms with E-state index in [4.69, 9.17) is 9.73 Å². The van der Waals surface area contributed by atoms with Crippen molar-refractivity contribution in [3.63, 3.8) is 0 Å². The van der Waals surface area contributed by atoms with Gasteiger partial charge < -0.3 is 20.5 Å². The van der Waals surface area contributed by atoms with Crippen molar-refractivity contribution in [1.29, 1.82) is 0 Å².